The van der Waals surface area contributed by atoms with Crippen molar-refractivity contribution in [2.24, 2.45) is 0 Å². The van der Waals surface area contributed by atoms with Crippen LogP contribution in [0.25, 0.3) is 0 Å². The predicted octanol–water partition coefficient (Wildman–Crippen LogP) is 3.62. The number of sulfonamides is 1. The molecule has 10 heteroatoms. The average Bonchev–Trinajstić information content (AvgIpc) is 3.10. The van der Waals surface area contributed by atoms with E-state index in [-0.39, 0.29) is 10.8 Å². The first-order valence-corrected chi connectivity index (χ1v) is 11.3. The number of nitrogens with zero attached hydrogens (tertiary/aromatic N) is 2. The van der Waals surface area contributed by atoms with Crippen LogP contribution in [0.15, 0.2) is 57.8 Å². The summed E-state index contributed by atoms with van der Waals surface area (Å²) in [6.07, 6.45) is 1.88. The van der Waals surface area contributed by atoms with Gasteiger partial charge in [-0.1, -0.05) is 40.8 Å². The SMILES string of the molecule is CSc1nnc(NC(=O)c2ccc(NS(=O)(=O)c3ccc(C)cc3)cc2)s1. The molecule has 2 aromatic carbocycles. The largest absolute Gasteiger partial charge is 0.296 e. The lowest BCUT2D eigenvalue weighted by molar-refractivity contribution is 0.102. The number of hydrogen-bond acceptors (Lipinski definition) is 7. The van der Waals surface area contributed by atoms with E-state index in [1.165, 1.54) is 35.2 Å². The first kappa shape index (κ1) is 19.3. The van der Waals surface area contributed by atoms with Gasteiger partial charge in [0.15, 0.2) is 4.34 Å². The van der Waals surface area contributed by atoms with Crippen molar-refractivity contribution >= 4 is 49.8 Å². The van der Waals surface area contributed by atoms with Gasteiger partial charge >= 0.3 is 0 Å². The van der Waals surface area contributed by atoms with Crippen LogP contribution in [0, 0.1) is 6.92 Å². The molecule has 0 unspecified atom stereocenters. The number of amides is 1. The maximum absolute atomic E-state index is 12.4. The molecule has 1 amide bonds. The number of carbonyl (C=O) groups excluding carboxylic acids is 1. The molecule has 0 spiro atoms. The molecule has 0 aliphatic heterocycles. The van der Waals surface area contributed by atoms with Crippen molar-refractivity contribution in [2.45, 2.75) is 16.2 Å². The topological polar surface area (TPSA) is 101 Å². The Morgan fingerprint density at radius 3 is 2.30 bits per heavy atom. The van der Waals surface area contributed by atoms with Crippen LogP contribution in [0.5, 0.6) is 0 Å². The van der Waals surface area contributed by atoms with Crippen LogP contribution >= 0.6 is 23.1 Å². The Balaban J connectivity index is 1.69. The third-order valence-corrected chi connectivity index (χ3v) is 6.74. The zero-order chi connectivity index (χ0) is 19.4. The van der Waals surface area contributed by atoms with Crippen LogP contribution in [-0.4, -0.2) is 30.8 Å². The predicted molar refractivity (Wildman–Crippen MR) is 108 cm³/mol. The van der Waals surface area contributed by atoms with Crippen molar-refractivity contribution in [3.8, 4) is 0 Å². The Bertz CT molecular complexity index is 1050. The van der Waals surface area contributed by atoms with E-state index in [9.17, 15) is 13.2 Å². The summed E-state index contributed by atoms with van der Waals surface area (Å²) >= 11 is 2.73. The number of benzene rings is 2. The summed E-state index contributed by atoms with van der Waals surface area (Å²) in [6.45, 7) is 1.89. The Hall–Kier alpha value is -2.43. The number of anilines is 2. The van der Waals surface area contributed by atoms with Crippen molar-refractivity contribution in [2.75, 3.05) is 16.3 Å². The molecule has 0 atom stereocenters. The lowest BCUT2D eigenvalue weighted by Gasteiger charge is -2.09. The number of rotatable bonds is 6. The van der Waals surface area contributed by atoms with Gasteiger partial charge in [-0.3, -0.25) is 14.8 Å². The molecular formula is C17H16N4O3S3. The van der Waals surface area contributed by atoms with Gasteiger partial charge in [-0.25, -0.2) is 8.42 Å². The molecule has 0 bridgehead atoms. The van der Waals surface area contributed by atoms with Crippen LogP contribution < -0.4 is 10.0 Å². The molecule has 7 nitrogen and oxygen atoms in total. The number of hydrogen-bond donors (Lipinski definition) is 2. The van der Waals surface area contributed by atoms with Gasteiger partial charge in [-0.15, -0.1) is 10.2 Å². The van der Waals surface area contributed by atoms with Crippen molar-refractivity contribution in [1.29, 1.82) is 0 Å². The third kappa shape index (κ3) is 4.85. The van der Waals surface area contributed by atoms with Crippen molar-refractivity contribution < 1.29 is 13.2 Å². The molecule has 0 radical (unpaired) electrons. The van der Waals surface area contributed by atoms with Gasteiger partial charge in [0.1, 0.15) is 0 Å². The van der Waals surface area contributed by atoms with Crippen LogP contribution in [0.4, 0.5) is 10.8 Å². The first-order chi connectivity index (χ1) is 12.9. The zero-order valence-corrected chi connectivity index (χ0v) is 16.9. The molecule has 0 saturated carbocycles. The van der Waals surface area contributed by atoms with Gasteiger partial charge in [0.05, 0.1) is 4.90 Å². The maximum Gasteiger partial charge on any atom is 0.261 e. The molecule has 0 aliphatic rings. The second kappa shape index (κ2) is 8.07. The molecular weight excluding hydrogens is 404 g/mol. The molecule has 1 aromatic heterocycles. The van der Waals surface area contributed by atoms with E-state index in [4.69, 9.17) is 0 Å². The molecule has 140 valence electrons. The standard InChI is InChI=1S/C17H16N4O3S3/c1-11-3-9-14(10-4-11)27(23,24)21-13-7-5-12(6-8-13)15(22)18-16-19-20-17(25-2)26-16/h3-10,21H,1-2H3,(H,18,19,22). The van der Waals surface area contributed by atoms with E-state index in [1.807, 2.05) is 13.2 Å². The smallest absolute Gasteiger partial charge is 0.261 e. The molecule has 2 N–H and O–H groups in total. The molecule has 3 aromatic rings. The van der Waals surface area contributed by atoms with Gasteiger partial charge < -0.3 is 0 Å². The lowest BCUT2D eigenvalue weighted by atomic mass is 10.2. The minimum Gasteiger partial charge on any atom is -0.296 e. The highest BCUT2D eigenvalue weighted by Gasteiger charge is 2.15. The number of aromatic nitrogens is 2. The fourth-order valence-corrected chi connectivity index (χ4v) is 4.36. The lowest BCUT2D eigenvalue weighted by Crippen LogP contribution is -2.14. The van der Waals surface area contributed by atoms with Gasteiger partial charge in [0, 0.05) is 11.3 Å². The number of thioether (sulfide) groups is 1. The van der Waals surface area contributed by atoms with Crippen LogP contribution in [0.2, 0.25) is 0 Å². The Morgan fingerprint density at radius 2 is 1.70 bits per heavy atom. The fraction of sp³-hybridized carbons (Fsp3) is 0.118. The van der Waals surface area contributed by atoms with Crippen molar-refractivity contribution in [3.63, 3.8) is 0 Å². The van der Waals surface area contributed by atoms with E-state index in [1.54, 1.807) is 36.4 Å². The van der Waals surface area contributed by atoms with E-state index >= 15 is 0 Å². The summed E-state index contributed by atoms with van der Waals surface area (Å²) in [5.41, 5.74) is 1.73. The van der Waals surface area contributed by atoms with E-state index in [0.29, 0.717) is 16.4 Å². The summed E-state index contributed by atoms with van der Waals surface area (Å²) in [6, 6.07) is 12.7. The fourth-order valence-electron chi connectivity index (χ4n) is 2.13. The molecule has 3 rings (SSSR count). The summed E-state index contributed by atoms with van der Waals surface area (Å²) in [4.78, 5) is 12.4. The minimum atomic E-state index is -3.68. The zero-order valence-electron chi connectivity index (χ0n) is 14.5. The Morgan fingerprint density at radius 1 is 1.04 bits per heavy atom. The monoisotopic (exact) mass is 420 g/mol. The van der Waals surface area contributed by atoms with Gasteiger partial charge in [-0.2, -0.15) is 0 Å². The molecule has 0 fully saturated rings. The quantitative estimate of drug-likeness (QED) is 0.467. The van der Waals surface area contributed by atoms with Crippen molar-refractivity contribution in [1.82, 2.24) is 10.2 Å². The van der Waals surface area contributed by atoms with E-state index in [2.05, 4.69) is 20.2 Å². The second-order valence-corrected chi connectivity index (χ2v) is 9.24. The van der Waals surface area contributed by atoms with Gasteiger partial charge in [-0.05, 0) is 49.6 Å². The summed E-state index contributed by atoms with van der Waals surface area (Å²) < 4.78 is 28.0. The van der Waals surface area contributed by atoms with Crippen LogP contribution in [-0.2, 0) is 10.0 Å². The summed E-state index contributed by atoms with van der Waals surface area (Å²) in [5.74, 6) is -0.341. The average molecular weight is 421 g/mol. The maximum atomic E-state index is 12.4. The molecule has 0 aliphatic carbocycles. The first-order valence-electron chi connectivity index (χ1n) is 7.76. The van der Waals surface area contributed by atoms with E-state index in [0.717, 1.165) is 9.90 Å². The van der Waals surface area contributed by atoms with Crippen LogP contribution in [0.1, 0.15) is 15.9 Å². The molecule has 0 saturated heterocycles. The minimum absolute atomic E-state index is 0.177. The number of carbonyl (C=O) groups is 1. The summed E-state index contributed by atoms with van der Waals surface area (Å²) in [7, 11) is -3.68. The molecule has 27 heavy (non-hydrogen) atoms. The van der Waals surface area contributed by atoms with Gasteiger partial charge in [0.25, 0.3) is 15.9 Å². The van der Waals surface area contributed by atoms with Crippen LogP contribution in [0.3, 0.4) is 0 Å². The number of aryl methyl sites for hydroxylation is 1. The summed E-state index contributed by atoms with van der Waals surface area (Å²) in [5, 5.41) is 10.9. The molecule has 1 heterocycles. The Kier molecular flexibility index (Phi) is 5.78. The van der Waals surface area contributed by atoms with Crippen molar-refractivity contribution in [3.05, 3.63) is 59.7 Å². The van der Waals surface area contributed by atoms with Gasteiger partial charge in [0.2, 0.25) is 5.13 Å². The highest BCUT2D eigenvalue weighted by molar-refractivity contribution is 8.00. The van der Waals surface area contributed by atoms with E-state index < -0.39 is 10.0 Å². The highest BCUT2D eigenvalue weighted by atomic mass is 32.2. The highest BCUT2D eigenvalue weighted by Crippen LogP contribution is 2.24. The normalized spacial score (nSPS) is 11.2. The number of nitrogens with one attached hydrogen (secondary N) is 2. The second-order valence-electron chi connectivity index (χ2n) is 5.53. The Labute approximate surface area is 165 Å². The third-order valence-electron chi connectivity index (χ3n) is 3.53.